The van der Waals surface area contributed by atoms with Crippen LogP contribution in [0.2, 0.25) is 0 Å². The van der Waals surface area contributed by atoms with Crippen LogP contribution < -0.4 is 5.73 Å². The Morgan fingerprint density at radius 2 is 1.83 bits per heavy atom. The molecule has 4 rings (SSSR count). The number of hydrogen-bond acceptors (Lipinski definition) is 4. The number of rotatable bonds is 3. The lowest BCUT2D eigenvalue weighted by Gasteiger charge is -2.38. The fraction of sp³-hybridized carbons (Fsp3) is 0.208. The first-order valence-corrected chi connectivity index (χ1v) is 11.3. The highest BCUT2D eigenvalue weighted by atomic mass is 79.9. The van der Waals surface area contributed by atoms with Gasteiger partial charge in [-0.1, -0.05) is 75.2 Å². The molecule has 2 N–H and O–H groups in total. The number of likely N-dealkylation sites (N-methyl/N-ethyl adjacent to an activating group) is 1. The molecule has 30 heavy (non-hydrogen) atoms. The smallest absolute Gasteiger partial charge is 0.205 e. The quantitative estimate of drug-likeness (QED) is 0.557. The van der Waals surface area contributed by atoms with Gasteiger partial charge in [0, 0.05) is 27.6 Å². The van der Waals surface area contributed by atoms with Crippen LogP contribution in [0.3, 0.4) is 0 Å². The highest BCUT2D eigenvalue weighted by Gasteiger charge is 2.38. The van der Waals surface area contributed by atoms with Crippen LogP contribution >= 0.6 is 31.9 Å². The summed E-state index contributed by atoms with van der Waals surface area (Å²) in [5.41, 5.74) is 10.9. The van der Waals surface area contributed by atoms with E-state index >= 15 is 0 Å². The van der Waals surface area contributed by atoms with Crippen molar-refractivity contribution in [1.82, 2.24) is 4.90 Å². The molecule has 152 valence electrons. The van der Waals surface area contributed by atoms with Crippen LogP contribution in [-0.4, -0.2) is 24.5 Å². The number of hydrogen-bond donors (Lipinski definition) is 1. The summed E-state index contributed by atoms with van der Waals surface area (Å²) in [6.45, 7) is 4.53. The fourth-order valence-corrected chi connectivity index (χ4v) is 4.92. The topological polar surface area (TPSA) is 62.3 Å². The Hall–Kier alpha value is -2.33. The van der Waals surface area contributed by atoms with Gasteiger partial charge in [-0.15, -0.1) is 0 Å². The molecule has 0 radical (unpaired) electrons. The molecule has 2 aliphatic rings. The number of nitrogens with zero attached hydrogens (tertiary/aromatic N) is 2. The summed E-state index contributed by atoms with van der Waals surface area (Å²) >= 11 is 7.30. The van der Waals surface area contributed by atoms with E-state index < -0.39 is 0 Å². The maximum Gasteiger partial charge on any atom is 0.205 e. The minimum absolute atomic E-state index is 0.181. The zero-order valence-corrected chi connectivity index (χ0v) is 19.7. The van der Waals surface area contributed by atoms with E-state index in [0.717, 1.165) is 56.6 Å². The normalized spacial score (nSPS) is 20.7. The predicted molar refractivity (Wildman–Crippen MR) is 126 cm³/mol. The standard InChI is InChI=1S/C24H21Br2N3O/c1-2-29-13-16(11-15-7-3-5-9-20(15)25)23-19(14-29)22(18(12-27)24(28)30-23)17-8-4-6-10-21(17)26/h3-11,22H,2,13-14,28H2,1H3/b16-11+. The summed E-state index contributed by atoms with van der Waals surface area (Å²) in [7, 11) is 0. The van der Waals surface area contributed by atoms with Crippen LogP contribution in [0, 0.1) is 11.3 Å². The third-order valence-corrected chi connectivity index (χ3v) is 6.95. The van der Waals surface area contributed by atoms with Crippen molar-refractivity contribution in [2.75, 3.05) is 19.6 Å². The van der Waals surface area contributed by atoms with Gasteiger partial charge in [-0.05, 0) is 41.5 Å². The number of halogens is 2. The molecule has 2 aromatic carbocycles. The summed E-state index contributed by atoms with van der Waals surface area (Å²) in [5, 5.41) is 9.89. The molecule has 2 heterocycles. The summed E-state index contributed by atoms with van der Waals surface area (Å²) in [6, 6.07) is 18.4. The van der Waals surface area contributed by atoms with E-state index in [9.17, 15) is 5.26 Å². The van der Waals surface area contributed by atoms with E-state index in [-0.39, 0.29) is 11.8 Å². The third kappa shape index (κ3) is 3.85. The zero-order chi connectivity index (χ0) is 21.3. The van der Waals surface area contributed by atoms with Gasteiger partial charge < -0.3 is 10.5 Å². The Balaban J connectivity index is 1.92. The molecule has 4 nitrogen and oxygen atoms in total. The molecule has 0 bridgehead atoms. The second kappa shape index (κ2) is 8.81. The van der Waals surface area contributed by atoms with E-state index in [1.54, 1.807) is 0 Å². The first kappa shape index (κ1) is 20.9. The first-order valence-electron chi connectivity index (χ1n) is 9.76. The van der Waals surface area contributed by atoms with Gasteiger partial charge >= 0.3 is 0 Å². The Bertz CT molecular complexity index is 1130. The van der Waals surface area contributed by atoms with E-state index in [2.05, 4.69) is 61.9 Å². The molecule has 2 aromatic rings. The number of ether oxygens (including phenoxy) is 1. The van der Waals surface area contributed by atoms with E-state index in [1.165, 1.54) is 0 Å². The number of nitriles is 1. The van der Waals surface area contributed by atoms with Crippen molar-refractivity contribution in [3.8, 4) is 6.07 Å². The lowest BCUT2D eigenvalue weighted by molar-refractivity contribution is 0.239. The van der Waals surface area contributed by atoms with Gasteiger partial charge in [-0.3, -0.25) is 4.90 Å². The largest absolute Gasteiger partial charge is 0.440 e. The molecule has 0 amide bonds. The van der Waals surface area contributed by atoms with Crippen molar-refractivity contribution in [3.63, 3.8) is 0 Å². The van der Waals surface area contributed by atoms with Crippen LogP contribution in [0.15, 0.2) is 85.8 Å². The van der Waals surface area contributed by atoms with Crippen LogP contribution in [-0.2, 0) is 4.74 Å². The highest BCUT2D eigenvalue weighted by Crippen LogP contribution is 2.45. The molecule has 1 unspecified atom stereocenters. The van der Waals surface area contributed by atoms with E-state index in [1.807, 2.05) is 42.5 Å². The molecule has 1 atom stereocenters. The van der Waals surface area contributed by atoms with E-state index in [4.69, 9.17) is 10.5 Å². The van der Waals surface area contributed by atoms with Gasteiger partial charge in [0.25, 0.3) is 0 Å². The second-order valence-electron chi connectivity index (χ2n) is 7.30. The summed E-state index contributed by atoms with van der Waals surface area (Å²) < 4.78 is 8.07. The third-order valence-electron chi connectivity index (χ3n) is 5.50. The number of benzene rings is 2. The molecular weight excluding hydrogens is 506 g/mol. The molecule has 0 aromatic heterocycles. The van der Waals surface area contributed by atoms with Crippen molar-refractivity contribution in [2.45, 2.75) is 12.8 Å². The summed E-state index contributed by atoms with van der Waals surface area (Å²) in [4.78, 5) is 2.35. The molecule has 2 aliphatic heterocycles. The lowest BCUT2D eigenvalue weighted by Crippen LogP contribution is -2.38. The van der Waals surface area contributed by atoms with Crippen LogP contribution in [0.5, 0.6) is 0 Å². The summed E-state index contributed by atoms with van der Waals surface area (Å²) in [5.74, 6) is 0.721. The van der Waals surface area contributed by atoms with Crippen LogP contribution in [0.1, 0.15) is 24.0 Å². The molecule has 0 saturated heterocycles. The Morgan fingerprint density at radius 1 is 1.13 bits per heavy atom. The summed E-state index contributed by atoms with van der Waals surface area (Å²) in [6.07, 6.45) is 2.14. The average Bonchev–Trinajstić information content (AvgIpc) is 2.75. The maximum absolute atomic E-state index is 9.89. The molecule has 0 spiro atoms. The van der Waals surface area contributed by atoms with Gasteiger partial charge in [0.15, 0.2) is 0 Å². The molecule has 0 saturated carbocycles. The molecule has 6 heteroatoms. The Labute approximate surface area is 193 Å². The molecular formula is C24H21Br2N3O. The number of nitrogens with two attached hydrogens (primary N) is 1. The van der Waals surface area contributed by atoms with Crippen molar-refractivity contribution in [3.05, 3.63) is 97.0 Å². The van der Waals surface area contributed by atoms with Gasteiger partial charge in [0.05, 0.1) is 5.92 Å². The van der Waals surface area contributed by atoms with Crippen molar-refractivity contribution < 1.29 is 4.74 Å². The predicted octanol–water partition coefficient (Wildman–Crippen LogP) is 5.69. The average molecular weight is 527 g/mol. The minimum atomic E-state index is -0.244. The van der Waals surface area contributed by atoms with Crippen molar-refractivity contribution in [1.29, 1.82) is 5.26 Å². The highest BCUT2D eigenvalue weighted by molar-refractivity contribution is 9.10. The minimum Gasteiger partial charge on any atom is -0.440 e. The van der Waals surface area contributed by atoms with Crippen LogP contribution in [0.25, 0.3) is 6.08 Å². The lowest BCUT2D eigenvalue weighted by atomic mass is 9.80. The Morgan fingerprint density at radius 3 is 2.50 bits per heavy atom. The second-order valence-corrected chi connectivity index (χ2v) is 9.00. The SMILES string of the molecule is CCN1CC2=C(OC(N)=C(C#N)C2c2ccccc2Br)/C(=C/c2ccccc2Br)C1. The van der Waals surface area contributed by atoms with Crippen molar-refractivity contribution in [2.24, 2.45) is 5.73 Å². The van der Waals surface area contributed by atoms with Gasteiger partial charge in [-0.25, -0.2) is 0 Å². The maximum atomic E-state index is 9.89. The molecule has 0 fully saturated rings. The van der Waals surface area contributed by atoms with Gasteiger partial charge in [-0.2, -0.15) is 5.26 Å². The zero-order valence-electron chi connectivity index (χ0n) is 16.5. The molecule has 0 aliphatic carbocycles. The Kier molecular flexibility index (Phi) is 6.14. The van der Waals surface area contributed by atoms with Gasteiger partial charge in [0.1, 0.15) is 17.4 Å². The van der Waals surface area contributed by atoms with E-state index in [0.29, 0.717) is 5.57 Å². The van der Waals surface area contributed by atoms with Gasteiger partial charge in [0.2, 0.25) is 5.88 Å². The first-order chi connectivity index (χ1) is 14.5. The number of allylic oxidation sites excluding steroid dienone is 1. The fourth-order valence-electron chi connectivity index (χ4n) is 4.01. The van der Waals surface area contributed by atoms with Crippen molar-refractivity contribution >= 4 is 37.9 Å². The monoisotopic (exact) mass is 525 g/mol. The van der Waals surface area contributed by atoms with Crippen LogP contribution in [0.4, 0.5) is 0 Å².